The largest absolute Gasteiger partial charge is 0.405 e. The van der Waals surface area contributed by atoms with Gasteiger partial charge < -0.3 is 15.6 Å². The number of carbonyl (C=O) groups excluding carboxylic acids is 1. The highest BCUT2D eigenvalue weighted by Gasteiger charge is 2.28. The fourth-order valence-corrected chi connectivity index (χ4v) is 1.91. The smallest absolute Gasteiger partial charge is 0.346 e. The van der Waals surface area contributed by atoms with Gasteiger partial charge in [-0.1, -0.05) is 6.58 Å². The van der Waals surface area contributed by atoms with Crippen molar-refractivity contribution in [2.45, 2.75) is 13.1 Å². The van der Waals surface area contributed by atoms with Gasteiger partial charge in [0.2, 0.25) is 5.95 Å². The molecule has 2 aromatic heterocycles. The second kappa shape index (κ2) is 8.21. The van der Waals surface area contributed by atoms with E-state index in [1.807, 2.05) is 0 Å². The predicted octanol–water partition coefficient (Wildman–Crippen LogP) is 2.14. The molecular weight excluding hydrogens is 365 g/mol. The Morgan fingerprint density at radius 3 is 2.81 bits per heavy atom. The molecule has 27 heavy (non-hydrogen) atoms. The van der Waals surface area contributed by atoms with Crippen LogP contribution >= 0.6 is 0 Å². The second-order valence-corrected chi connectivity index (χ2v) is 5.14. The first-order chi connectivity index (χ1) is 12.7. The molecule has 0 aromatic carbocycles. The van der Waals surface area contributed by atoms with E-state index < -0.39 is 18.6 Å². The number of aromatic amines is 1. The summed E-state index contributed by atoms with van der Waals surface area (Å²) in [5.74, 6) is -0.285. The number of hydrogen-bond acceptors (Lipinski definition) is 6. The number of alkyl halides is 3. The van der Waals surface area contributed by atoms with Gasteiger partial charge in [0.15, 0.2) is 5.82 Å². The summed E-state index contributed by atoms with van der Waals surface area (Å²) < 4.78 is 36.4. The predicted molar refractivity (Wildman–Crippen MR) is 93.9 cm³/mol. The number of hydrogen-bond donors (Lipinski definition) is 3. The van der Waals surface area contributed by atoms with Crippen LogP contribution in [0.1, 0.15) is 5.56 Å². The van der Waals surface area contributed by atoms with Crippen LogP contribution in [0, 0.1) is 6.92 Å². The van der Waals surface area contributed by atoms with Crippen molar-refractivity contribution in [2.24, 2.45) is 9.98 Å². The van der Waals surface area contributed by atoms with Crippen LogP contribution in [0.15, 0.2) is 34.8 Å². The fraction of sp³-hybridized carbons (Fsp3) is 0.200. The van der Waals surface area contributed by atoms with Gasteiger partial charge in [0.1, 0.15) is 25.0 Å². The minimum Gasteiger partial charge on any atom is -0.346 e. The molecule has 0 aliphatic heterocycles. The normalized spacial score (nSPS) is 11.4. The second-order valence-electron chi connectivity index (χ2n) is 5.14. The third-order valence-electron chi connectivity index (χ3n) is 3.18. The molecule has 0 bridgehead atoms. The molecule has 142 valence electrons. The Morgan fingerprint density at radius 1 is 1.41 bits per heavy atom. The molecule has 0 radical (unpaired) electrons. The van der Waals surface area contributed by atoms with E-state index in [4.69, 9.17) is 0 Å². The highest BCUT2D eigenvalue weighted by molar-refractivity contribution is 5.95. The number of aromatic nitrogens is 4. The van der Waals surface area contributed by atoms with Gasteiger partial charge in [-0.25, -0.2) is 15.0 Å². The summed E-state index contributed by atoms with van der Waals surface area (Å²) in [5, 5.41) is 4.14. The van der Waals surface area contributed by atoms with E-state index in [1.54, 1.807) is 18.4 Å². The van der Waals surface area contributed by atoms with Gasteiger partial charge in [0.05, 0.1) is 5.70 Å². The lowest BCUT2D eigenvalue weighted by Gasteiger charge is -2.11. The number of carbonyl (C=O) groups is 1. The number of rotatable bonds is 7. The van der Waals surface area contributed by atoms with Crippen molar-refractivity contribution < 1.29 is 18.0 Å². The van der Waals surface area contributed by atoms with Crippen molar-refractivity contribution in [3.05, 3.63) is 30.4 Å². The molecule has 3 N–H and O–H groups in total. The lowest BCUT2D eigenvalue weighted by Crippen LogP contribution is -2.35. The molecule has 0 unspecified atom stereocenters. The molecule has 0 atom stereocenters. The molecule has 0 aliphatic rings. The van der Waals surface area contributed by atoms with Crippen molar-refractivity contribution in [2.75, 3.05) is 11.9 Å². The molecule has 2 aromatic rings. The molecular formula is C15H15F3N8O. The average Bonchev–Trinajstić information content (AvgIpc) is 2.98. The topological polar surface area (TPSA) is 120 Å². The first kappa shape index (κ1) is 19.8. The third kappa shape index (κ3) is 5.45. The number of halogens is 3. The van der Waals surface area contributed by atoms with Crippen molar-refractivity contribution in [1.29, 1.82) is 0 Å². The summed E-state index contributed by atoms with van der Waals surface area (Å²) in [6, 6.07) is 0. The molecule has 0 aliphatic carbocycles. The molecule has 0 spiro atoms. The van der Waals surface area contributed by atoms with Crippen LogP contribution in [-0.4, -0.2) is 51.6 Å². The zero-order valence-corrected chi connectivity index (χ0v) is 14.1. The number of nitrogens with one attached hydrogen (secondary N) is 3. The highest BCUT2D eigenvalue weighted by atomic mass is 19.4. The Labute approximate surface area is 151 Å². The lowest BCUT2D eigenvalue weighted by molar-refractivity contribution is -0.136. The van der Waals surface area contributed by atoms with E-state index >= 15 is 0 Å². The van der Waals surface area contributed by atoms with Crippen LogP contribution < -0.4 is 10.6 Å². The van der Waals surface area contributed by atoms with Crippen LogP contribution in [0.5, 0.6) is 0 Å². The molecule has 0 fully saturated rings. The SMILES string of the molecule is C=NC=Nc1[nH]cc(-c2ncnc(NC(=C)C(=O)NCC(F)(F)F)n2)c1C. The van der Waals surface area contributed by atoms with Gasteiger partial charge in [-0.05, 0) is 13.6 Å². The Morgan fingerprint density at radius 2 is 2.15 bits per heavy atom. The van der Waals surface area contributed by atoms with Gasteiger partial charge in [0.25, 0.3) is 5.91 Å². The maximum atomic E-state index is 12.1. The molecule has 12 heteroatoms. The van der Waals surface area contributed by atoms with E-state index in [9.17, 15) is 18.0 Å². The van der Waals surface area contributed by atoms with E-state index in [-0.39, 0.29) is 17.5 Å². The number of amides is 1. The van der Waals surface area contributed by atoms with Crippen molar-refractivity contribution in [3.8, 4) is 11.4 Å². The summed E-state index contributed by atoms with van der Waals surface area (Å²) in [7, 11) is 0. The van der Waals surface area contributed by atoms with E-state index in [1.165, 1.54) is 12.7 Å². The van der Waals surface area contributed by atoms with E-state index in [0.29, 0.717) is 11.4 Å². The van der Waals surface area contributed by atoms with E-state index in [0.717, 1.165) is 5.56 Å². The number of H-pyrrole nitrogens is 1. The minimum atomic E-state index is -4.52. The Hall–Kier alpha value is -3.57. The quantitative estimate of drug-likeness (QED) is 0.386. The monoisotopic (exact) mass is 380 g/mol. The third-order valence-corrected chi connectivity index (χ3v) is 3.18. The Bertz CT molecular complexity index is 887. The van der Waals surface area contributed by atoms with Gasteiger partial charge in [0, 0.05) is 17.3 Å². The molecule has 2 rings (SSSR count). The van der Waals surface area contributed by atoms with Crippen LogP contribution in [-0.2, 0) is 4.79 Å². The van der Waals surface area contributed by atoms with Crippen molar-refractivity contribution in [1.82, 2.24) is 25.3 Å². The summed E-state index contributed by atoms with van der Waals surface area (Å²) in [6.45, 7) is 6.98. The number of anilines is 1. The maximum absolute atomic E-state index is 12.1. The first-order valence-corrected chi connectivity index (χ1v) is 7.38. The molecule has 1 amide bonds. The Balaban J connectivity index is 2.13. The van der Waals surface area contributed by atoms with Gasteiger partial charge in [-0.3, -0.25) is 9.79 Å². The average molecular weight is 380 g/mol. The highest BCUT2D eigenvalue weighted by Crippen LogP contribution is 2.27. The van der Waals surface area contributed by atoms with Gasteiger partial charge in [-0.2, -0.15) is 18.2 Å². The van der Waals surface area contributed by atoms with Crippen molar-refractivity contribution >= 4 is 30.7 Å². The fourth-order valence-electron chi connectivity index (χ4n) is 1.91. The van der Waals surface area contributed by atoms with Crippen LogP contribution in [0.3, 0.4) is 0 Å². The lowest BCUT2D eigenvalue weighted by atomic mass is 10.2. The summed E-state index contributed by atoms with van der Waals surface area (Å²) in [5.41, 5.74) is 1.00. The first-order valence-electron chi connectivity index (χ1n) is 7.38. The van der Waals surface area contributed by atoms with Crippen LogP contribution in [0.4, 0.5) is 24.9 Å². The number of nitrogens with zero attached hydrogens (tertiary/aromatic N) is 5. The zero-order chi connectivity index (χ0) is 20.0. The maximum Gasteiger partial charge on any atom is 0.405 e. The Kier molecular flexibility index (Phi) is 6.00. The van der Waals surface area contributed by atoms with Crippen LogP contribution in [0.25, 0.3) is 11.4 Å². The summed E-state index contributed by atoms with van der Waals surface area (Å²) in [4.78, 5) is 34.1. The standard InChI is InChI=1S/C15H15F3N8O/c1-8-10(4-20-11(8)22-6-19-3)12-23-7-24-14(26-12)25-9(2)13(27)21-5-15(16,17)18/h4,6-7,20H,2-3,5H2,1H3,(H,21,27)(H,23,24,25,26). The molecule has 9 nitrogen and oxygen atoms in total. The van der Waals surface area contributed by atoms with Gasteiger partial charge in [-0.15, -0.1) is 0 Å². The number of aliphatic imine (C=N–C) groups is 2. The molecule has 2 heterocycles. The zero-order valence-electron chi connectivity index (χ0n) is 14.1. The minimum absolute atomic E-state index is 0.0504. The summed E-state index contributed by atoms with van der Waals surface area (Å²) >= 11 is 0. The van der Waals surface area contributed by atoms with Crippen molar-refractivity contribution in [3.63, 3.8) is 0 Å². The van der Waals surface area contributed by atoms with Crippen LogP contribution in [0.2, 0.25) is 0 Å². The molecule has 0 saturated carbocycles. The van der Waals surface area contributed by atoms with E-state index in [2.05, 4.69) is 48.5 Å². The molecule has 0 saturated heterocycles. The van der Waals surface area contributed by atoms with Gasteiger partial charge >= 0.3 is 6.18 Å². The summed E-state index contributed by atoms with van der Waals surface area (Å²) in [6.07, 6.45) is -0.447.